The molecule has 148 valence electrons. The first-order valence-corrected chi connectivity index (χ1v) is 8.71. The first-order valence-electron chi connectivity index (χ1n) is 8.71. The summed E-state index contributed by atoms with van der Waals surface area (Å²) >= 11 is 0. The van der Waals surface area contributed by atoms with Crippen LogP contribution in [0, 0.1) is 13.8 Å². The third-order valence-electron chi connectivity index (χ3n) is 4.81. The molecule has 0 aromatic heterocycles. The van der Waals surface area contributed by atoms with Crippen molar-refractivity contribution < 1.29 is 29.5 Å². The lowest BCUT2D eigenvalue weighted by atomic mass is 9.83. The van der Waals surface area contributed by atoms with Crippen molar-refractivity contribution in [3.63, 3.8) is 0 Å². The van der Waals surface area contributed by atoms with Crippen LogP contribution in [0.1, 0.15) is 39.8 Å². The lowest BCUT2D eigenvalue weighted by Crippen LogP contribution is -2.18. The molecule has 0 spiro atoms. The highest BCUT2D eigenvalue weighted by molar-refractivity contribution is 5.55. The number of ether oxygens (including phenoxy) is 3. The minimum absolute atomic E-state index is 0.0544. The van der Waals surface area contributed by atoms with Crippen LogP contribution in [-0.2, 0) is 6.61 Å². The molecule has 0 radical (unpaired) electrons. The Hall–Kier alpha value is -2.28. The maximum absolute atomic E-state index is 11.1. The third kappa shape index (κ3) is 4.18. The van der Waals surface area contributed by atoms with Crippen molar-refractivity contribution in [2.24, 2.45) is 0 Å². The molecule has 2 rings (SSSR count). The molecular formula is C21H28O6. The predicted molar refractivity (Wildman–Crippen MR) is 103 cm³/mol. The highest BCUT2D eigenvalue weighted by Gasteiger charge is 2.27. The molecule has 0 bridgehead atoms. The van der Waals surface area contributed by atoms with Gasteiger partial charge < -0.3 is 29.5 Å². The van der Waals surface area contributed by atoms with Gasteiger partial charge >= 0.3 is 0 Å². The molecule has 0 heterocycles. The summed E-state index contributed by atoms with van der Waals surface area (Å²) in [6.45, 7) is 3.53. The Balaban J connectivity index is 2.53. The van der Waals surface area contributed by atoms with Crippen LogP contribution < -0.4 is 14.2 Å². The zero-order chi connectivity index (χ0) is 20.1. The average Bonchev–Trinajstić information content (AvgIpc) is 2.68. The number of hydrogen-bond donors (Lipinski definition) is 3. The molecule has 0 saturated heterocycles. The summed E-state index contributed by atoms with van der Waals surface area (Å²) in [6, 6.07) is 7.10. The number of rotatable bonds is 8. The van der Waals surface area contributed by atoms with Crippen LogP contribution in [0.15, 0.2) is 24.3 Å². The standard InChI is InChI=1S/C21H28O6/c1-12-6-14(10-22)7-13(2)19(12)16(11-23)20(24)15-8-17(25-3)21(27-5)18(9-15)26-4/h6-9,16,20,22-24H,10-11H2,1-5H3. The van der Waals surface area contributed by atoms with Crippen molar-refractivity contribution in [1.29, 1.82) is 0 Å². The molecule has 6 heteroatoms. The zero-order valence-corrected chi connectivity index (χ0v) is 16.4. The number of aliphatic hydroxyl groups is 3. The summed E-state index contributed by atoms with van der Waals surface area (Å²) < 4.78 is 16.0. The number of aliphatic hydroxyl groups excluding tert-OH is 3. The molecule has 0 saturated carbocycles. The Morgan fingerprint density at radius 3 is 1.74 bits per heavy atom. The summed E-state index contributed by atoms with van der Waals surface area (Å²) in [4.78, 5) is 0. The van der Waals surface area contributed by atoms with Crippen molar-refractivity contribution in [1.82, 2.24) is 0 Å². The van der Waals surface area contributed by atoms with Gasteiger partial charge in [0.1, 0.15) is 0 Å². The molecule has 2 aromatic rings. The lowest BCUT2D eigenvalue weighted by molar-refractivity contribution is 0.106. The van der Waals surface area contributed by atoms with Crippen LogP contribution in [-0.4, -0.2) is 43.3 Å². The van der Waals surface area contributed by atoms with Gasteiger partial charge in [0.2, 0.25) is 5.75 Å². The van der Waals surface area contributed by atoms with Gasteiger partial charge in [0, 0.05) is 5.92 Å². The van der Waals surface area contributed by atoms with Crippen LogP contribution in [0.4, 0.5) is 0 Å². The third-order valence-corrected chi connectivity index (χ3v) is 4.81. The molecular weight excluding hydrogens is 348 g/mol. The minimum atomic E-state index is -0.985. The first-order chi connectivity index (χ1) is 12.9. The second kappa shape index (κ2) is 9.08. The summed E-state index contributed by atoms with van der Waals surface area (Å²) in [7, 11) is 4.54. The van der Waals surface area contributed by atoms with Crippen LogP contribution in [0.2, 0.25) is 0 Å². The van der Waals surface area contributed by atoms with Gasteiger partial charge in [0.25, 0.3) is 0 Å². The Morgan fingerprint density at radius 1 is 0.852 bits per heavy atom. The van der Waals surface area contributed by atoms with E-state index < -0.39 is 12.0 Å². The predicted octanol–water partition coefficient (Wildman–Crippen LogP) is 2.63. The number of aryl methyl sites for hydroxylation is 2. The van der Waals surface area contributed by atoms with E-state index in [1.165, 1.54) is 21.3 Å². The van der Waals surface area contributed by atoms with Crippen molar-refractivity contribution >= 4 is 0 Å². The summed E-state index contributed by atoms with van der Waals surface area (Å²) in [5.74, 6) is 0.773. The molecule has 0 aliphatic heterocycles. The van der Waals surface area contributed by atoms with E-state index in [2.05, 4.69) is 0 Å². The molecule has 27 heavy (non-hydrogen) atoms. The molecule has 3 N–H and O–H groups in total. The monoisotopic (exact) mass is 376 g/mol. The quantitative estimate of drug-likeness (QED) is 0.656. The Morgan fingerprint density at radius 2 is 1.37 bits per heavy atom. The normalized spacial score (nSPS) is 13.2. The SMILES string of the molecule is COc1cc(C(O)C(CO)c2c(C)cc(CO)cc2C)cc(OC)c1OC. The van der Waals surface area contributed by atoms with Gasteiger partial charge in [-0.15, -0.1) is 0 Å². The highest BCUT2D eigenvalue weighted by atomic mass is 16.5. The van der Waals surface area contributed by atoms with E-state index in [9.17, 15) is 15.3 Å². The van der Waals surface area contributed by atoms with Crippen molar-refractivity contribution in [3.8, 4) is 17.2 Å². The fraction of sp³-hybridized carbons (Fsp3) is 0.429. The van der Waals surface area contributed by atoms with E-state index in [0.29, 0.717) is 22.8 Å². The molecule has 2 unspecified atom stereocenters. The van der Waals surface area contributed by atoms with Crippen molar-refractivity contribution in [3.05, 3.63) is 52.1 Å². The average molecular weight is 376 g/mol. The van der Waals surface area contributed by atoms with Crippen LogP contribution in [0.5, 0.6) is 17.2 Å². The van der Waals surface area contributed by atoms with Crippen molar-refractivity contribution in [2.75, 3.05) is 27.9 Å². The van der Waals surface area contributed by atoms with Gasteiger partial charge in [-0.05, 0) is 53.8 Å². The summed E-state index contributed by atoms with van der Waals surface area (Å²) in [5.41, 5.74) is 4.02. The lowest BCUT2D eigenvalue weighted by Gasteiger charge is -2.26. The van der Waals surface area contributed by atoms with Gasteiger partial charge in [-0.1, -0.05) is 12.1 Å². The number of methoxy groups -OCH3 is 3. The number of hydrogen-bond acceptors (Lipinski definition) is 6. The second-order valence-corrected chi connectivity index (χ2v) is 6.49. The van der Waals surface area contributed by atoms with Crippen LogP contribution in [0.25, 0.3) is 0 Å². The molecule has 0 fully saturated rings. The molecule has 0 aliphatic carbocycles. The number of benzene rings is 2. The van der Waals surface area contributed by atoms with Gasteiger partial charge in [-0.2, -0.15) is 0 Å². The van der Waals surface area contributed by atoms with Crippen LogP contribution in [0.3, 0.4) is 0 Å². The van der Waals surface area contributed by atoms with E-state index in [4.69, 9.17) is 14.2 Å². The Labute approximate surface area is 159 Å². The molecule has 2 aromatic carbocycles. The molecule has 0 aliphatic rings. The first kappa shape index (κ1) is 21.0. The maximum atomic E-state index is 11.1. The molecule has 0 amide bonds. The van der Waals surface area contributed by atoms with Gasteiger partial charge in [0.05, 0.1) is 40.6 Å². The smallest absolute Gasteiger partial charge is 0.203 e. The Kier molecular flexibility index (Phi) is 7.07. The van der Waals surface area contributed by atoms with E-state index in [-0.39, 0.29) is 13.2 Å². The summed E-state index contributed by atoms with van der Waals surface area (Å²) in [6.07, 6.45) is -0.985. The minimum Gasteiger partial charge on any atom is -0.493 e. The maximum Gasteiger partial charge on any atom is 0.203 e. The zero-order valence-electron chi connectivity index (χ0n) is 16.4. The van der Waals surface area contributed by atoms with Crippen LogP contribution >= 0.6 is 0 Å². The highest BCUT2D eigenvalue weighted by Crippen LogP contribution is 2.43. The van der Waals surface area contributed by atoms with E-state index in [0.717, 1.165) is 22.3 Å². The molecule has 2 atom stereocenters. The van der Waals surface area contributed by atoms with Gasteiger partial charge in [-0.25, -0.2) is 0 Å². The fourth-order valence-corrected chi connectivity index (χ4v) is 3.59. The fourth-order valence-electron chi connectivity index (χ4n) is 3.59. The topological polar surface area (TPSA) is 88.4 Å². The van der Waals surface area contributed by atoms with Crippen molar-refractivity contribution in [2.45, 2.75) is 32.5 Å². The van der Waals surface area contributed by atoms with Gasteiger partial charge in [-0.3, -0.25) is 0 Å². The van der Waals surface area contributed by atoms with E-state index in [1.54, 1.807) is 12.1 Å². The Bertz CT molecular complexity index is 738. The van der Waals surface area contributed by atoms with Gasteiger partial charge in [0.15, 0.2) is 11.5 Å². The molecule has 6 nitrogen and oxygen atoms in total. The summed E-state index contributed by atoms with van der Waals surface area (Å²) in [5, 5.41) is 30.5. The van der Waals surface area contributed by atoms with E-state index >= 15 is 0 Å². The largest absolute Gasteiger partial charge is 0.493 e. The second-order valence-electron chi connectivity index (χ2n) is 6.49. The van der Waals surface area contributed by atoms with E-state index in [1.807, 2.05) is 26.0 Å².